The molecule has 3 amide bonds. The van der Waals surface area contributed by atoms with E-state index in [0.717, 1.165) is 29.0 Å². The number of nitrogens with one attached hydrogen (secondary N) is 3. The largest absolute Gasteiger partial charge is 0.497 e. The lowest BCUT2D eigenvalue weighted by Gasteiger charge is -2.23. The summed E-state index contributed by atoms with van der Waals surface area (Å²) in [5.41, 5.74) is 3.34. The fraction of sp³-hybridized carbons (Fsp3) is 0.344. The molecule has 7 heteroatoms. The molecule has 0 radical (unpaired) electrons. The van der Waals surface area contributed by atoms with E-state index in [1.165, 1.54) is 0 Å². The van der Waals surface area contributed by atoms with Gasteiger partial charge in [-0.3, -0.25) is 14.4 Å². The standard InChI is InChI=1S/C32H39N3O4/c1-22(2)20-26(31(37)35-29(32(38)33-3)21-24-13-18-28(39-4)19-14-24)15-10-23-11-16-27(17-12-23)34-30(36)25-8-6-5-7-9-25/h5-9,11-14,16-19,22,26,29H,10,15,20-21H2,1-4H3,(H,33,38)(H,34,36)(H,35,37). The van der Waals surface area contributed by atoms with Crippen molar-refractivity contribution in [1.82, 2.24) is 10.6 Å². The highest BCUT2D eigenvalue weighted by atomic mass is 16.5. The SMILES string of the molecule is CNC(=O)C(Cc1ccc(OC)cc1)NC(=O)C(CCc1ccc(NC(=O)c2ccccc2)cc1)CC(C)C. The van der Waals surface area contributed by atoms with Gasteiger partial charge in [0.25, 0.3) is 5.91 Å². The van der Waals surface area contributed by atoms with E-state index in [0.29, 0.717) is 30.7 Å². The van der Waals surface area contributed by atoms with Gasteiger partial charge in [0.05, 0.1) is 7.11 Å². The molecule has 0 bridgehead atoms. The lowest BCUT2D eigenvalue weighted by molar-refractivity contribution is -0.131. The predicted molar refractivity (Wildman–Crippen MR) is 155 cm³/mol. The summed E-state index contributed by atoms with van der Waals surface area (Å²) in [6, 6.07) is 23.6. The molecule has 0 spiro atoms. The van der Waals surface area contributed by atoms with Crippen LogP contribution in [0, 0.1) is 11.8 Å². The molecule has 2 unspecified atom stereocenters. The quantitative estimate of drug-likeness (QED) is 0.290. The fourth-order valence-corrected chi connectivity index (χ4v) is 4.48. The summed E-state index contributed by atoms with van der Waals surface area (Å²) in [5.74, 6) is 0.343. The molecule has 0 aliphatic heterocycles. The van der Waals surface area contributed by atoms with Gasteiger partial charge in [0.2, 0.25) is 11.8 Å². The van der Waals surface area contributed by atoms with Crippen molar-refractivity contribution in [3.8, 4) is 5.75 Å². The number of carbonyl (C=O) groups is 3. The van der Waals surface area contributed by atoms with E-state index in [1.807, 2.05) is 66.7 Å². The van der Waals surface area contributed by atoms with Gasteiger partial charge in [0.15, 0.2) is 0 Å². The molecule has 7 nitrogen and oxygen atoms in total. The Hall–Kier alpha value is -4.13. The van der Waals surface area contributed by atoms with Crippen LogP contribution in [0.2, 0.25) is 0 Å². The zero-order chi connectivity index (χ0) is 28.2. The lowest BCUT2D eigenvalue weighted by Crippen LogP contribution is -2.49. The molecule has 0 heterocycles. The van der Waals surface area contributed by atoms with Gasteiger partial charge in [0, 0.05) is 30.6 Å². The summed E-state index contributed by atoms with van der Waals surface area (Å²) in [7, 11) is 3.18. The molecule has 3 aromatic rings. The second-order valence-corrected chi connectivity index (χ2v) is 10.1. The second kappa shape index (κ2) is 14.7. The lowest BCUT2D eigenvalue weighted by atomic mass is 9.90. The maximum atomic E-state index is 13.4. The van der Waals surface area contributed by atoms with E-state index in [-0.39, 0.29) is 23.6 Å². The van der Waals surface area contributed by atoms with Gasteiger partial charge in [-0.1, -0.05) is 56.3 Å². The Morgan fingerprint density at radius 1 is 0.821 bits per heavy atom. The van der Waals surface area contributed by atoms with Crippen molar-refractivity contribution in [2.75, 3.05) is 19.5 Å². The van der Waals surface area contributed by atoms with Crippen LogP contribution in [0.1, 0.15) is 48.2 Å². The van der Waals surface area contributed by atoms with Crippen LogP contribution >= 0.6 is 0 Å². The third-order valence-electron chi connectivity index (χ3n) is 6.63. The van der Waals surface area contributed by atoms with Gasteiger partial charge in [-0.2, -0.15) is 0 Å². The molecule has 2 atom stereocenters. The molecule has 3 N–H and O–H groups in total. The zero-order valence-electron chi connectivity index (χ0n) is 23.2. The number of hydrogen-bond acceptors (Lipinski definition) is 4. The van der Waals surface area contributed by atoms with Crippen molar-refractivity contribution in [1.29, 1.82) is 0 Å². The topological polar surface area (TPSA) is 96.5 Å². The van der Waals surface area contributed by atoms with Crippen LogP contribution in [0.5, 0.6) is 5.75 Å². The van der Waals surface area contributed by atoms with Crippen LogP contribution in [0.15, 0.2) is 78.9 Å². The van der Waals surface area contributed by atoms with Crippen LogP contribution in [0.3, 0.4) is 0 Å². The molecule has 0 aromatic heterocycles. The summed E-state index contributed by atoms with van der Waals surface area (Å²) >= 11 is 0. The molecule has 0 fully saturated rings. The fourth-order valence-electron chi connectivity index (χ4n) is 4.48. The highest BCUT2D eigenvalue weighted by Gasteiger charge is 2.26. The number of benzene rings is 3. The monoisotopic (exact) mass is 529 g/mol. The number of likely N-dealkylation sites (N-methyl/N-ethyl adjacent to an activating group) is 1. The van der Waals surface area contributed by atoms with Gasteiger partial charge < -0.3 is 20.7 Å². The Balaban J connectivity index is 1.61. The van der Waals surface area contributed by atoms with Crippen molar-refractivity contribution in [3.05, 3.63) is 95.6 Å². The van der Waals surface area contributed by atoms with Gasteiger partial charge in [-0.05, 0) is 72.7 Å². The predicted octanol–water partition coefficient (Wildman–Crippen LogP) is 5.02. The van der Waals surface area contributed by atoms with Gasteiger partial charge in [-0.15, -0.1) is 0 Å². The molecular weight excluding hydrogens is 490 g/mol. The highest BCUT2D eigenvalue weighted by molar-refractivity contribution is 6.04. The molecule has 206 valence electrons. The number of aryl methyl sites for hydroxylation is 1. The maximum Gasteiger partial charge on any atom is 0.255 e. The summed E-state index contributed by atoms with van der Waals surface area (Å²) in [4.78, 5) is 38.4. The maximum absolute atomic E-state index is 13.4. The first kappa shape index (κ1) is 29.4. The van der Waals surface area contributed by atoms with E-state index in [4.69, 9.17) is 4.74 Å². The first-order valence-corrected chi connectivity index (χ1v) is 13.4. The number of ether oxygens (including phenoxy) is 1. The van der Waals surface area contributed by atoms with Crippen LogP contribution < -0.4 is 20.7 Å². The molecule has 3 rings (SSSR count). The van der Waals surface area contributed by atoms with Crippen LogP contribution in [-0.4, -0.2) is 37.9 Å². The number of hydrogen-bond donors (Lipinski definition) is 3. The molecule has 0 aliphatic carbocycles. The minimum atomic E-state index is -0.668. The number of amides is 3. The van der Waals surface area contributed by atoms with Crippen molar-refractivity contribution < 1.29 is 19.1 Å². The number of anilines is 1. The Bertz CT molecular complexity index is 1210. The van der Waals surface area contributed by atoms with Crippen LogP contribution in [-0.2, 0) is 22.4 Å². The second-order valence-electron chi connectivity index (χ2n) is 10.1. The number of rotatable bonds is 13. The van der Waals surface area contributed by atoms with Gasteiger partial charge >= 0.3 is 0 Å². The summed E-state index contributed by atoms with van der Waals surface area (Å²) in [5, 5.41) is 8.59. The highest BCUT2D eigenvalue weighted by Crippen LogP contribution is 2.21. The van der Waals surface area contributed by atoms with E-state index < -0.39 is 6.04 Å². The average molecular weight is 530 g/mol. The molecule has 0 saturated carbocycles. The van der Waals surface area contributed by atoms with Gasteiger partial charge in [-0.25, -0.2) is 0 Å². The minimum Gasteiger partial charge on any atom is -0.497 e. The van der Waals surface area contributed by atoms with Crippen LogP contribution in [0.25, 0.3) is 0 Å². The summed E-state index contributed by atoms with van der Waals surface area (Å²) in [6.45, 7) is 4.19. The molecule has 3 aromatic carbocycles. The minimum absolute atomic E-state index is 0.113. The number of carbonyl (C=O) groups excluding carboxylic acids is 3. The van der Waals surface area contributed by atoms with Crippen molar-refractivity contribution in [3.63, 3.8) is 0 Å². The Labute approximate surface area is 231 Å². The smallest absolute Gasteiger partial charge is 0.255 e. The summed E-state index contributed by atoms with van der Waals surface area (Å²) in [6.07, 6.45) is 2.48. The first-order chi connectivity index (χ1) is 18.8. The molecule has 0 aliphatic rings. The van der Waals surface area contributed by atoms with Crippen LogP contribution in [0.4, 0.5) is 5.69 Å². The van der Waals surface area contributed by atoms with E-state index >= 15 is 0 Å². The Kier molecular flexibility index (Phi) is 11.1. The molecule has 39 heavy (non-hydrogen) atoms. The van der Waals surface area contributed by atoms with Crippen molar-refractivity contribution in [2.45, 2.75) is 45.6 Å². The third kappa shape index (κ3) is 9.28. The first-order valence-electron chi connectivity index (χ1n) is 13.4. The van der Waals surface area contributed by atoms with Crippen molar-refractivity contribution >= 4 is 23.4 Å². The van der Waals surface area contributed by atoms with Crippen molar-refractivity contribution in [2.24, 2.45) is 11.8 Å². The molecule has 0 saturated heterocycles. The molecular formula is C32H39N3O4. The third-order valence-corrected chi connectivity index (χ3v) is 6.63. The van der Waals surface area contributed by atoms with E-state index in [1.54, 1.807) is 26.3 Å². The number of methoxy groups -OCH3 is 1. The van der Waals surface area contributed by atoms with E-state index in [9.17, 15) is 14.4 Å². The Morgan fingerprint density at radius 3 is 2.05 bits per heavy atom. The average Bonchev–Trinajstić information content (AvgIpc) is 2.95. The van der Waals surface area contributed by atoms with E-state index in [2.05, 4.69) is 29.8 Å². The van der Waals surface area contributed by atoms with Gasteiger partial charge in [0.1, 0.15) is 11.8 Å². The zero-order valence-corrected chi connectivity index (χ0v) is 23.2. The normalized spacial score (nSPS) is 12.3. The Morgan fingerprint density at radius 2 is 1.46 bits per heavy atom. The summed E-state index contributed by atoms with van der Waals surface area (Å²) < 4.78 is 5.21.